The molecule has 1 saturated heterocycles. The van der Waals surface area contributed by atoms with Crippen LogP contribution < -0.4 is 10.5 Å². The van der Waals surface area contributed by atoms with Crippen molar-refractivity contribution in [1.82, 2.24) is 0 Å². The highest BCUT2D eigenvalue weighted by molar-refractivity contribution is 5.94. The predicted molar refractivity (Wildman–Crippen MR) is 99.5 cm³/mol. The number of hydrogen-bond acceptors (Lipinski definition) is 7. The first-order chi connectivity index (χ1) is 13.3. The Labute approximate surface area is 161 Å². The maximum Gasteiger partial charge on any atom is 0.248 e. The Morgan fingerprint density at radius 1 is 1.07 bits per heavy atom. The second kappa shape index (κ2) is 8.26. The van der Waals surface area contributed by atoms with Gasteiger partial charge < -0.3 is 35.6 Å². The SMILES string of the molecule is Cc1cc(-c2cccc(C(N)=O)c2)ccc1O[C@H]1O[C@H](CO)[C@@H](O)[C@H](O)[C@@H]1O. The van der Waals surface area contributed by atoms with Crippen molar-refractivity contribution in [2.45, 2.75) is 37.6 Å². The van der Waals surface area contributed by atoms with E-state index in [4.69, 9.17) is 15.2 Å². The van der Waals surface area contributed by atoms with Crippen LogP contribution in [0.25, 0.3) is 11.1 Å². The highest BCUT2D eigenvalue weighted by atomic mass is 16.7. The van der Waals surface area contributed by atoms with Gasteiger partial charge in [0.2, 0.25) is 12.2 Å². The lowest BCUT2D eigenvalue weighted by molar-refractivity contribution is -0.277. The molecule has 1 aliphatic heterocycles. The molecule has 28 heavy (non-hydrogen) atoms. The fraction of sp³-hybridized carbons (Fsp3) is 0.350. The minimum absolute atomic E-state index is 0.400. The van der Waals surface area contributed by atoms with Crippen LogP contribution >= 0.6 is 0 Å². The zero-order valence-corrected chi connectivity index (χ0v) is 15.2. The van der Waals surface area contributed by atoms with E-state index in [-0.39, 0.29) is 0 Å². The molecule has 0 spiro atoms. The van der Waals surface area contributed by atoms with Gasteiger partial charge in [0, 0.05) is 5.56 Å². The molecule has 2 aromatic carbocycles. The van der Waals surface area contributed by atoms with Crippen LogP contribution in [0.2, 0.25) is 0 Å². The van der Waals surface area contributed by atoms with Gasteiger partial charge in [0.25, 0.3) is 0 Å². The first kappa shape index (κ1) is 20.2. The zero-order chi connectivity index (χ0) is 20.4. The van der Waals surface area contributed by atoms with Crippen molar-refractivity contribution in [3.63, 3.8) is 0 Å². The average molecular weight is 389 g/mol. The summed E-state index contributed by atoms with van der Waals surface area (Å²) < 4.78 is 11.0. The molecule has 0 unspecified atom stereocenters. The minimum Gasteiger partial charge on any atom is -0.462 e. The quantitative estimate of drug-likeness (QED) is 0.482. The number of benzene rings is 2. The molecule has 6 N–H and O–H groups in total. The number of ether oxygens (including phenoxy) is 2. The van der Waals surface area contributed by atoms with Crippen LogP contribution in [-0.2, 0) is 4.74 Å². The molecule has 1 aliphatic rings. The lowest BCUT2D eigenvalue weighted by Gasteiger charge is -2.39. The van der Waals surface area contributed by atoms with E-state index in [0.29, 0.717) is 11.3 Å². The van der Waals surface area contributed by atoms with Crippen molar-refractivity contribution in [2.75, 3.05) is 6.61 Å². The van der Waals surface area contributed by atoms with Gasteiger partial charge in [-0.2, -0.15) is 0 Å². The van der Waals surface area contributed by atoms with Crippen molar-refractivity contribution in [2.24, 2.45) is 5.73 Å². The number of aryl methyl sites for hydroxylation is 1. The minimum atomic E-state index is -1.51. The Hall–Kier alpha value is -2.49. The van der Waals surface area contributed by atoms with Crippen LogP contribution in [0.4, 0.5) is 0 Å². The molecule has 8 nitrogen and oxygen atoms in total. The third kappa shape index (κ3) is 4.01. The molecule has 0 aromatic heterocycles. The molecule has 1 heterocycles. The number of hydrogen-bond donors (Lipinski definition) is 5. The van der Waals surface area contributed by atoms with Crippen LogP contribution in [0, 0.1) is 6.92 Å². The summed E-state index contributed by atoms with van der Waals surface area (Å²) in [4.78, 5) is 11.4. The topological polar surface area (TPSA) is 142 Å². The Bertz CT molecular complexity index is 854. The third-order valence-corrected chi connectivity index (χ3v) is 4.75. The molecule has 150 valence electrons. The number of aliphatic hydroxyl groups is 4. The highest BCUT2D eigenvalue weighted by Gasteiger charge is 2.44. The number of nitrogens with two attached hydrogens (primary N) is 1. The normalized spacial score (nSPS) is 27.4. The van der Waals surface area contributed by atoms with E-state index < -0.39 is 43.2 Å². The molecule has 0 bridgehead atoms. The van der Waals surface area contributed by atoms with Crippen molar-refractivity contribution >= 4 is 5.91 Å². The molecule has 2 aromatic rings. The molecule has 0 radical (unpaired) electrons. The summed E-state index contributed by atoms with van der Waals surface area (Å²) >= 11 is 0. The summed E-state index contributed by atoms with van der Waals surface area (Å²) in [7, 11) is 0. The van der Waals surface area contributed by atoms with Crippen molar-refractivity contribution in [3.8, 4) is 16.9 Å². The molecule has 3 rings (SSSR count). The second-order valence-electron chi connectivity index (χ2n) is 6.74. The van der Waals surface area contributed by atoms with Crippen molar-refractivity contribution in [3.05, 3.63) is 53.6 Å². The summed E-state index contributed by atoms with van der Waals surface area (Å²) in [6.07, 6.45) is -6.73. The Kier molecular flexibility index (Phi) is 5.97. The van der Waals surface area contributed by atoms with E-state index in [1.165, 1.54) is 0 Å². The fourth-order valence-corrected chi connectivity index (χ4v) is 3.10. The van der Waals surface area contributed by atoms with Gasteiger partial charge >= 0.3 is 0 Å². The molecule has 0 aliphatic carbocycles. The summed E-state index contributed by atoms with van der Waals surface area (Å²) in [5.74, 6) is -0.111. The summed E-state index contributed by atoms with van der Waals surface area (Å²) in [6.45, 7) is 1.26. The summed E-state index contributed by atoms with van der Waals surface area (Å²) in [5, 5.41) is 39.1. The van der Waals surface area contributed by atoms with Gasteiger partial charge in [0.1, 0.15) is 30.2 Å². The van der Waals surface area contributed by atoms with Gasteiger partial charge in [-0.3, -0.25) is 4.79 Å². The van der Waals surface area contributed by atoms with Gasteiger partial charge in [-0.1, -0.05) is 18.2 Å². The van der Waals surface area contributed by atoms with E-state index >= 15 is 0 Å². The zero-order valence-electron chi connectivity index (χ0n) is 15.2. The number of carbonyl (C=O) groups excluding carboxylic acids is 1. The Balaban J connectivity index is 1.81. The van der Waals surface area contributed by atoms with E-state index in [2.05, 4.69) is 0 Å². The molecule has 5 atom stereocenters. The molecular weight excluding hydrogens is 366 g/mol. The van der Waals surface area contributed by atoms with Gasteiger partial charge in [0.05, 0.1) is 6.61 Å². The maximum absolute atomic E-state index is 11.4. The van der Waals surface area contributed by atoms with Crippen LogP contribution in [-0.4, -0.2) is 63.6 Å². The summed E-state index contributed by atoms with van der Waals surface area (Å²) in [6, 6.07) is 12.2. The number of carbonyl (C=O) groups is 1. The van der Waals surface area contributed by atoms with Crippen LogP contribution in [0.15, 0.2) is 42.5 Å². The first-order valence-corrected chi connectivity index (χ1v) is 8.80. The lowest BCUT2D eigenvalue weighted by atomic mass is 9.99. The number of primary amides is 1. The molecule has 1 amide bonds. The highest BCUT2D eigenvalue weighted by Crippen LogP contribution is 2.30. The Morgan fingerprint density at radius 2 is 1.79 bits per heavy atom. The summed E-state index contributed by atoms with van der Waals surface area (Å²) in [5.41, 5.74) is 8.08. The van der Waals surface area contributed by atoms with E-state index in [1.54, 1.807) is 37.3 Å². The van der Waals surface area contributed by atoms with Gasteiger partial charge in [-0.05, 0) is 47.9 Å². The van der Waals surface area contributed by atoms with Crippen LogP contribution in [0.1, 0.15) is 15.9 Å². The van der Waals surface area contributed by atoms with Gasteiger partial charge in [-0.25, -0.2) is 0 Å². The van der Waals surface area contributed by atoms with Gasteiger partial charge in [-0.15, -0.1) is 0 Å². The molecule has 0 saturated carbocycles. The van der Waals surface area contributed by atoms with Crippen LogP contribution in [0.5, 0.6) is 5.75 Å². The predicted octanol–water partition coefficient (Wildman–Crippen LogP) is -0.0604. The second-order valence-corrected chi connectivity index (χ2v) is 6.74. The van der Waals surface area contributed by atoms with Crippen molar-refractivity contribution < 1.29 is 34.7 Å². The molecule has 8 heteroatoms. The number of aliphatic hydroxyl groups excluding tert-OH is 4. The van der Waals surface area contributed by atoms with Gasteiger partial charge in [0.15, 0.2) is 0 Å². The average Bonchev–Trinajstić information content (AvgIpc) is 2.69. The molecule has 1 fully saturated rings. The van der Waals surface area contributed by atoms with E-state index in [1.807, 2.05) is 12.1 Å². The monoisotopic (exact) mass is 389 g/mol. The van der Waals surface area contributed by atoms with Crippen molar-refractivity contribution in [1.29, 1.82) is 0 Å². The fourth-order valence-electron chi connectivity index (χ4n) is 3.10. The Morgan fingerprint density at radius 3 is 2.43 bits per heavy atom. The molecular formula is C20H23NO7. The van der Waals surface area contributed by atoms with E-state index in [9.17, 15) is 25.2 Å². The maximum atomic E-state index is 11.4. The number of rotatable bonds is 5. The van der Waals surface area contributed by atoms with Crippen LogP contribution in [0.3, 0.4) is 0 Å². The lowest BCUT2D eigenvalue weighted by Crippen LogP contribution is -2.60. The number of amides is 1. The standard InChI is InChI=1S/C20H23NO7/c1-10-7-12(11-3-2-4-13(8-11)19(21)26)5-6-14(10)27-20-18(25)17(24)16(23)15(9-22)28-20/h2-8,15-18,20,22-25H,9H2,1H3,(H2,21,26)/t15-,16-,17+,18+,20+/m1/s1. The van der Waals surface area contributed by atoms with E-state index in [0.717, 1.165) is 16.7 Å². The largest absolute Gasteiger partial charge is 0.462 e. The third-order valence-electron chi connectivity index (χ3n) is 4.75. The smallest absolute Gasteiger partial charge is 0.248 e. The first-order valence-electron chi connectivity index (χ1n) is 8.80.